The zero-order valence-corrected chi connectivity index (χ0v) is 20.6. The van der Waals surface area contributed by atoms with Gasteiger partial charge in [-0.15, -0.1) is 0 Å². The van der Waals surface area contributed by atoms with Crippen molar-refractivity contribution in [3.63, 3.8) is 0 Å². The number of benzene rings is 1. The van der Waals surface area contributed by atoms with Gasteiger partial charge in [-0.3, -0.25) is 4.79 Å². The van der Waals surface area contributed by atoms with Gasteiger partial charge in [0.25, 0.3) is 5.91 Å². The van der Waals surface area contributed by atoms with Crippen molar-refractivity contribution in [2.24, 2.45) is 0 Å². The van der Waals surface area contributed by atoms with Crippen molar-refractivity contribution < 1.29 is 24.2 Å². The summed E-state index contributed by atoms with van der Waals surface area (Å²) in [5, 5.41) is 11.8. The predicted molar refractivity (Wildman–Crippen MR) is 128 cm³/mol. The third kappa shape index (κ3) is 8.85. The number of rotatable bonds is 10. The second-order valence-corrected chi connectivity index (χ2v) is 8.94. The van der Waals surface area contributed by atoms with Crippen LogP contribution in [0.4, 0.5) is 16.3 Å². The molecule has 0 aliphatic rings. The molecular weight excluding hydrogens is 494 g/mol. The van der Waals surface area contributed by atoms with Crippen molar-refractivity contribution in [1.29, 1.82) is 0 Å². The van der Waals surface area contributed by atoms with Crippen LogP contribution >= 0.6 is 15.9 Å². The molecule has 2 amide bonds. The first-order chi connectivity index (χ1) is 15.6. The largest absolute Gasteiger partial charge is 0.491 e. The van der Waals surface area contributed by atoms with Crippen LogP contribution in [0.5, 0.6) is 5.75 Å². The number of nitrogens with one attached hydrogen (secondary N) is 1. The fourth-order valence-corrected chi connectivity index (χ4v) is 3.02. The number of aliphatic hydroxyl groups excluding tert-OH is 1. The van der Waals surface area contributed by atoms with E-state index in [4.69, 9.17) is 20.3 Å². The lowest BCUT2D eigenvalue weighted by Crippen LogP contribution is -2.38. The van der Waals surface area contributed by atoms with Crippen molar-refractivity contribution in [3.05, 3.63) is 40.8 Å². The topological polar surface area (TPSA) is 140 Å². The normalized spacial score (nSPS) is 11.1. The maximum absolute atomic E-state index is 12.6. The van der Waals surface area contributed by atoms with Gasteiger partial charge in [-0.25, -0.2) is 14.8 Å². The lowest BCUT2D eigenvalue weighted by Gasteiger charge is -2.27. The fourth-order valence-electron chi connectivity index (χ4n) is 2.74. The first kappa shape index (κ1) is 26.3. The molecule has 180 valence electrons. The van der Waals surface area contributed by atoms with Gasteiger partial charge in [-0.1, -0.05) is 12.1 Å². The van der Waals surface area contributed by atoms with Crippen LogP contribution in [-0.2, 0) is 4.74 Å². The highest BCUT2D eigenvalue weighted by Crippen LogP contribution is 2.25. The summed E-state index contributed by atoms with van der Waals surface area (Å²) in [4.78, 5) is 34.5. The Hall–Kier alpha value is -2.92. The van der Waals surface area contributed by atoms with Crippen LogP contribution in [0.3, 0.4) is 0 Å². The van der Waals surface area contributed by atoms with Gasteiger partial charge in [0.15, 0.2) is 11.5 Å². The highest BCUT2D eigenvalue weighted by molar-refractivity contribution is 9.10. The van der Waals surface area contributed by atoms with E-state index in [1.807, 2.05) is 0 Å². The summed E-state index contributed by atoms with van der Waals surface area (Å²) in [6.45, 7) is 6.46. The fraction of sp³-hybridized carbons (Fsp3) is 0.455. The number of aromatic nitrogens is 2. The number of para-hydroxylation sites is 2. The van der Waals surface area contributed by atoms with E-state index in [0.29, 0.717) is 48.6 Å². The summed E-state index contributed by atoms with van der Waals surface area (Å²) in [7, 11) is 0. The summed E-state index contributed by atoms with van der Waals surface area (Å²) in [6.07, 6.45) is 1.95. The molecule has 0 atom stereocenters. The molecule has 0 aliphatic heterocycles. The number of nitrogens with two attached hydrogens (primary N) is 1. The van der Waals surface area contributed by atoms with Crippen molar-refractivity contribution in [2.75, 3.05) is 37.4 Å². The van der Waals surface area contributed by atoms with Crippen molar-refractivity contribution in [1.82, 2.24) is 14.9 Å². The van der Waals surface area contributed by atoms with Crippen LogP contribution in [0.1, 0.15) is 44.1 Å². The number of carbonyl (C=O) groups excluding carboxylic acids is 2. The summed E-state index contributed by atoms with van der Waals surface area (Å²) < 4.78 is 11.7. The standard InChI is InChI=1S/C22H30BrN5O5/c1-22(2,3)33-21(31)28(10-6-12-29)11-7-13-32-16-9-5-4-8-15(16)26-20(30)18-19(24)25-14-17(23)27-18/h4-5,8-9,14,29H,6-7,10-13H2,1-3H3,(H2,24,25)(H,26,30). The van der Waals surface area contributed by atoms with Gasteiger partial charge < -0.3 is 30.5 Å². The van der Waals surface area contributed by atoms with Crippen LogP contribution in [0.15, 0.2) is 35.1 Å². The Morgan fingerprint density at radius 1 is 1.21 bits per heavy atom. The molecule has 0 fully saturated rings. The van der Waals surface area contributed by atoms with Gasteiger partial charge in [0.1, 0.15) is 16.0 Å². The molecule has 2 aromatic rings. The minimum Gasteiger partial charge on any atom is -0.491 e. The number of nitrogen functional groups attached to an aromatic ring is 1. The number of aliphatic hydroxyl groups is 1. The van der Waals surface area contributed by atoms with Crippen molar-refractivity contribution >= 4 is 39.4 Å². The third-order valence-electron chi connectivity index (χ3n) is 4.19. The van der Waals surface area contributed by atoms with Crippen molar-refractivity contribution in [2.45, 2.75) is 39.2 Å². The summed E-state index contributed by atoms with van der Waals surface area (Å²) in [5.74, 6) is -0.0387. The monoisotopic (exact) mass is 523 g/mol. The maximum Gasteiger partial charge on any atom is 0.410 e. The van der Waals surface area contributed by atoms with Crippen LogP contribution in [0, 0.1) is 0 Å². The maximum atomic E-state index is 12.6. The zero-order chi connectivity index (χ0) is 24.4. The Bertz CT molecular complexity index is 951. The molecule has 10 nitrogen and oxygen atoms in total. The van der Waals surface area contributed by atoms with Crippen LogP contribution in [-0.4, -0.2) is 63.9 Å². The highest BCUT2D eigenvalue weighted by Gasteiger charge is 2.22. The van der Waals surface area contributed by atoms with E-state index in [2.05, 4.69) is 31.2 Å². The van der Waals surface area contributed by atoms with E-state index in [1.165, 1.54) is 6.20 Å². The van der Waals surface area contributed by atoms with E-state index in [-0.39, 0.29) is 18.1 Å². The Morgan fingerprint density at radius 2 is 1.91 bits per heavy atom. The van der Waals surface area contributed by atoms with Gasteiger partial charge in [0.05, 0.1) is 18.5 Å². The molecule has 1 heterocycles. The SMILES string of the molecule is CC(C)(C)OC(=O)N(CCCO)CCCOc1ccccc1NC(=O)c1nc(Br)cnc1N. The molecule has 0 unspecified atom stereocenters. The Balaban J connectivity index is 1.96. The molecule has 0 bridgehead atoms. The molecule has 0 saturated heterocycles. The molecule has 1 aromatic heterocycles. The lowest BCUT2D eigenvalue weighted by molar-refractivity contribution is 0.0232. The molecule has 0 radical (unpaired) electrons. The quantitative estimate of drug-likeness (QED) is 0.402. The number of carbonyl (C=O) groups is 2. The third-order valence-corrected chi connectivity index (χ3v) is 4.57. The summed E-state index contributed by atoms with van der Waals surface area (Å²) in [5.41, 5.74) is 5.60. The number of hydrogen-bond acceptors (Lipinski definition) is 8. The minimum absolute atomic E-state index is 0.00364. The first-order valence-corrected chi connectivity index (χ1v) is 11.3. The molecule has 2 rings (SSSR count). The highest BCUT2D eigenvalue weighted by atomic mass is 79.9. The van der Waals surface area contributed by atoms with Crippen LogP contribution in [0.25, 0.3) is 0 Å². The second-order valence-electron chi connectivity index (χ2n) is 8.12. The molecule has 0 saturated carbocycles. The number of ether oxygens (including phenoxy) is 2. The molecule has 11 heteroatoms. The Labute approximate surface area is 201 Å². The Morgan fingerprint density at radius 3 is 2.61 bits per heavy atom. The van der Waals surface area contributed by atoms with Crippen LogP contribution < -0.4 is 15.8 Å². The first-order valence-electron chi connectivity index (χ1n) is 10.5. The van der Waals surface area contributed by atoms with Crippen molar-refractivity contribution in [3.8, 4) is 5.75 Å². The van der Waals surface area contributed by atoms with E-state index in [0.717, 1.165) is 0 Å². The van der Waals surface area contributed by atoms with Gasteiger partial charge >= 0.3 is 6.09 Å². The van der Waals surface area contributed by atoms with Gasteiger partial charge in [-0.2, -0.15) is 0 Å². The molecular formula is C22H30BrN5O5. The molecule has 1 aromatic carbocycles. The van der Waals surface area contributed by atoms with Gasteiger partial charge in [-0.05, 0) is 61.7 Å². The molecule has 0 aliphatic carbocycles. The zero-order valence-electron chi connectivity index (χ0n) is 19.0. The van der Waals surface area contributed by atoms with E-state index in [9.17, 15) is 9.59 Å². The minimum atomic E-state index is -0.607. The lowest BCUT2D eigenvalue weighted by atomic mass is 10.2. The smallest absolute Gasteiger partial charge is 0.410 e. The second kappa shape index (κ2) is 12.4. The van der Waals surface area contributed by atoms with E-state index in [1.54, 1.807) is 49.9 Å². The molecule has 0 spiro atoms. The number of amides is 2. The van der Waals surface area contributed by atoms with Crippen LogP contribution in [0.2, 0.25) is 0 Å². The molecule has 4 N–H and O–H groups in total. The van der Waals surface area contributed by atoms with E-state index >= 15 is 0 Å². The van der Waals surface area contributed by atoms with E-state index < -0.39 is 17.6 Å². The average Bonchev–Trinajstić information content (AvgIpc) is 2.74. The Kier molecular flexibility index (Phi) is 9.86. The summed E-state index contributed by atoms with van der Waals surface area (Å²) in [6, 6.07) is 6.97. The predicted octanol–water partition coefficient (Wildman–Crippen LogP) is 3.46. The molecule has 33 heavy (non-hydrogen) atoms. The van der Waals surface area contributed by atoms with Gasteiger partial charge in [0, 0.05) is 19.7 Å². The van der Waals surface area contributed by atoms with Gasteiger partial charge in [0.2, 0.25) is 0 Å². The number of halogens is 1. The number of hydrogen-bond donors (Lipinski definition) is 3. The average molecular weight is 524 g/mol. The number of nitrogens with zero attached hydrogens (tertiary/aromatic N) is 3. The summed E-state index contributed by atoms with van der Waals surface area (Å²) >= 11 is 3.18. The number of anilines is 2.